The van der Waals surface area contributed by atoms with Crippen molar-refractivity contribution >= 4 is 0 Å². The Balaban J connectivity index is 1.73. The third-order valence-corrected chi connectivity index (χ3v) is 4.35. The van der Waals surface area contributed by atoms with Crippen molar-refractivity contribution in [3.63, 3.8) is 0 Å². The van der Waals surface area contributed by atoms with Crippen LogP contribution in [0.15, 0.2) is 0 Å². The van der Waals surface area contributed by atoms with Gasteiger partial charge >= 0.3 is 0 Å². The first kappa shape index (κ1) is 15.3. The van der Waals surface area contributed by atoms with Crippen molar-refractivity contribution in [3.8, 4) is 5.88 Å². The lowest BCUT2D eigenvalue weighted by Gasteiger charge is -2.28. The van der Waals surface area contributed by atoms with Gasteiger partial charge in [0.05, 0.1) is 18.4 Å². The number of methoxy groups -OCH3 is 1. The van der Waals surface area contributed by atoms with Gasteiger partial charge in [0.25, 0.3) is 0 Å². The standard InChI is InChI=1S/C15H28N4O/c1-12-14(15(20-4)19(3)17-12)11-16-8-5-13-6-9-18(2)10-7-13/h13,16H,5-11H2,1-4H3. The molecule has 1 fully saturated rings. The van der Waals surface area contributed by atoms with Crippen molar-refractivity contribution in [1.29, 1.82) is 0 Å². The van der Waals surface area contributed by atoms with Crippen LogP contribution in [0.25, 0.3) is 0 Å². The van der Waals surface area contributed by atoms with Gasteiger partial charge in [0.1, 0.15) is 0 Å². The van der Waals surface area contributed by atoms with Gasteiger partial charge in [-0.15, -0.1) is 0 Å². The molecule has 2 rings (SSSR count). The maximum Gasteiger partial charge on any atom is 0.216 e. The van der Waals surface area contributed by atoms with Crippen LogP contribution < -0.4 is 10.1 Å². The molecule has 2 heterocycles. The van der Waals surface area contributed by atoms with Crippen LogP contribution in [0.5, 0.6) is 5.88 Å². The van der Waals surface area contributed by atoms with E-state index in [1.54, 1.807) is 7.11 Å². The maximum absolute atomic E-state index is 5.41. The summed E-state index contributed by atoms with van der Waals surface area (Å²) in [7, 11) is 5.85. The number of hydrogen-bond donors (Lipinski definition) is 1. The van der Waals surface area contributed by atoms with E-state index in [9.17, 15) is 0 Å². The van der Waals surface area contributed by atoms with Gasteiger partial charge in [-0.3, -0.25) is 0 Å². The predicted octanol–water partition coefficient (Wildman–Crippen LogP) is 1.56. The summed E-state index contributed by atoms with van der Waals surface area (Å²) in [6, 6.07) is 0. The molecule has 1 aliphatic rings. The molecule has 114 valence electrons. The Morgan fingerprint density at radius 1 is 1.30 bits per heavy atom. The summed E-state index contributed by atoms with van der Waals surface area (Å²) in [5.74, 6) is 1.75. The maximum atomic E-state index is 5.41. The second-order valence-corrected chi connectivity index (χ2v) is 5.91. The quantitative estimate of drug-likeness (QED) is 0.803. The summed E-state index contributed by atoms with van der Waals surface area (Å²) < 4.78 is 7.22. The number of hydrogen-bond acceptors (Lipinski definition) is 4. The monoisotopic (exact) mass is 280 g/mol. The smallest absolute Gasteiger partial charge is 0.216 e. The molecule has 0 atom stereocenters. The molecule has 0 saturated carbocycles. The van der Waals surface area contributed by atoms with E-state index in [-0.39, 0.29) is 0 Å². The minimum Gasteiger partial charge on any atom is -0.481 e. The number of likely N-dealkylation sites (tertiary alicyclic amines) is 1. The number of nitrogens with zero attached hydrogens (tertiary/aromatic N) is 3. The van der Waals surface area contributed by atoms with Gasteiger partial charge < -0.3 is 15.0 Å². The summed E-state index contributed by atoms with van der Waals surface area (Å²) in [4.78, 5) is 2.42. The highest BCUT2D eigenvalue weighted by atomic mass is 16.5. The van der Waals surface area contributed by atoms with Crippen molar-refractivity contribution < 1.29 is 4.74 Å². The van der Waals surface area contributed by atoms with Crippen LogP contribution in [-0.2, 0) is 13.6 Å². The molecule has 0 radical (unpaired) electrons. The van der Waals surface area contributed by atoms with Crippen LogP contribution in [0.3, 0.4) is 0 Å². The molecule has 20 heavy (non-hydrogen) atoms. The highest BCUT2D eigenvalue weighted by molar-refractivity contribution is 5.30. The first-order valence-corrected chi connectivity index (χ1v) is 7.57. The lowest BCUT2D eigenvalue weighted by molar-refractivity contribution is 0.211. The molecule has 0 spiro atoms. The number of nitrogens with one attached hydrogen (secondary N) is 1. The molecular weight excluding hydrogens is 252 g/mol. The summed E-state index contributed by atoms with van der Waals surface area (Å²) in [5, 5.41) is 7.95. The van der Waals surface area contributed by atoms with E-state index in [0.29, 0.717) is 0 Å². The number of rotatable bonds is 6. The highest BCUT2D eigenvalue weighted by Gasteiger charge is 2.17. The summed E-state index contributed by atoms with van der Waals surface area (Å²) in [6.45, 7) is 6.46. The second kappa shape index (κ2) is 7.09. The first-order valence-electron chi connectivity index (χ1n) is 7.57. The Morgan fingerprint density at radius 3 is 2.65 bits per heavy atom. The molecule has 1 aromatic heterocycles. The van der Waals surface area contributed by atoms with E-state index in [2.05, 4.69) is 22.4 Å². The highest BCUT2D eigenvalue weighted by Crippen LogP contribution is 2.21. The van der Waals surface area contributed by atoms with Crippen LogP contribution in [0.4, 0.5) is 0 Å². The van der Waals surface area contributed by atoms with Crippen LogP contribution in [0.2, 0.25) is 0 Å². The molecule has 0 amide bonds. The van der Waals surface area contributed by atoms with E-state index >= 15 is 0 Å². The van der Waals surface area contributed by atoms with E-state index in [1.807, 2.05) is 18.7 Å². The van der Waals surface area contributed by atoms with Crippen LogP contribution in [-0.4, -0.2) is 48.5 Å². The van der Waals surface area contributed by atoms with Crippen molar-refractivity contribution in [2.75, 3.05) is 33.8 Å². The molecular formula is C15H28N4O. The molecule has 1 N–H and O–H groups in total. The molecule has 1 aliphatic heterocycles. The lowest BCUT2D eigenvalue weighted by Crippen LogP contribution is -2.31. The summed E-state index contributed by atoms with van der Waals surface area (Å²) in [5.41, 5.74) is 2.23. The van der Waals surface area contributed by atoms with Crippen molar-refractivity contribution in [3.05, 3.63) is 11.3 Å². The van der Waals surface area contributed by atoms with Crippen molar-refractivity contribution in [2.24, 2.45) is 13.0 Å². The van der Waals surface area contributed by atoms with E-state index in [0.717, 1.165) is 30.6 Å². The molecule has 1 aromatic rings. The van der Waals surface area contributed by atoms with Gasteiger partial charge in [0.15, 0.2) is 0 Å². The van der Waals surface area contributed by atoms with E-state index in [4.69, 9.17) is 4.74 Å². The van der Waals surface area contributed by atoms with Gasteiger partial charge in [-0.05, 0) is 58.8 Å². The fourth-order valence-corrected chi connectivity index (χ4v) is 3.01. The van der Waals surface area contributed by atoms with Gasteiger partial charge in [-0.1, -0.05) is 0 Å². The molecule has 0 bridgehead atoms. The molecule has 5 heteroatoms. The zero-order valence-corrected chi connectivity index (χ0v) is 13.3. The van der Waals surface area contributed by atoms with Gasteiger partial charge in [0, 0.05) is 13.6 Å². The molecule has 0 aromatic carbocycles. The Bertz CT molecular complexity index is 422. The molecule has 1 saturated heterocycles. The normalized spacial score (nSPS) is 17.6. The molecule has 0 aliphatic carbocycles. The van der Waals surface area contributed by atoms with E-state index in [1.165, 1.54) is 37.9 Å². The minimum absolute atomic E-state index is 0.843. The average Bonchev–Trinajstić information content (AvgIpc) is 2.70. The zero-order chi connectivity index (χ0) is 14.5. The average molecular weight is 280 g/mol. The van der Waals surface area contributed by atoms with Crippen molar-refractivity contribution in [2.45, 2.75) is 32.7 Å². The van der Waals surface area contributed by atoms with Crippen molar-refractivity contribution in [1.82, 2.24) is 20.0 Å². The Labute approximate surface area is 122 Å². The number of ether oxygens (including phenoxy) is 1. The Hall–Kier alpha value is -1.07. The van der Waals surface area contributed by atoms with Gasteiger partial charge in [-0.2, -0.15) is 5.10 Å². The largest absolute Gasteiger partial charge is 0.481 e. The Morgan fingerprint density at radius 2 is 2.00 bits per heavy atom. The topological polar surface area (TPSA) is 42.3 Å². The summed E-state index contributed by atoms with van der Waals surface area (Å²) in [6.07, 6.45) is 3.95. The Kier molecular flexibility index (Phi) is 5.43. The number of aromatic nitrogens is 2. The number of piperidine rings is 1. The number of aryl methyl sites for hydroxylation is 2. The predicted molar refractivity (Wildman–Crippen MR) is 81.0 cm³/mol. The van der Waals surface area contributed by atoms with Crippen LogP contribution >= 0.6 is 0 Å². The zero-order valence-electron chi connectivity index (χ0n) is 13.3. The fraction of sp³-hybridized carbons (Fsp3) is 0.800. The van der Waals surface area contributed by atoms with Gasteiger partial charge in [0.2, 0.25) is 5.88 Å². The van der Waals surface area contributed by atoms with E-state index < -0.39 is 0 Å². The minimum atomic E-state index is 0.843. The lowest BCUT2D eigenvalue weighted by atomic mass is 9.94. The third-order valence-electron chi connectivity index (χ3n) is 4.35. The fourth-order valence-electron chi connectivity index (χ4n) is 3.01. The second-order valence-electron chi connectivity index (χ2n) is 5.91. The first-order chi connectivity index (χ1) is 9.61. The summed E-state index contributed by atoms with van der Waals surface area (Å²) >= 11 is 0. The SMILES string of the molecule is COc1c(CNCCC2CCN(C)CC2)c(C)nn1C. The third kappa shape index (κ3) is 3.73. The molecule has 0 unspecified atom stereocenters. The molecule has 5 nitrogen and oxygen atoms in total. The van der Waals surface area contributed by atoms with Crippen LogP contribution in [0, 0.1) is 12.8 Å². The van der Waals surface area contributed by atoms with Crippen LogP contribution in [0.1, 0.15) is 30.5 Å². The van der Waals surface area contributed by atoms with Gasteiger partial charge in [-0.25, -0.2) is 4.68 Å².